The van der Waals surface area contributed by atoms with Crippen molar-refractivity contribution in [1.82, 2.24) is 0 Å². The van der Waals surface area contributed by atoms with Crippen LogP contribution in [0.2, 0.25) is 0 Å². The molecule has 0 atom stereocenters. The van der Waals surface area contributed by atoms with E-state index in [1.807, 2.05) is 6.07 Å². The van der Waals surface area contributed by atoms with E-state index in [1.165, 1.54) is 10.9 Å². The second-order valence-corrected chi connectivity index (χ2v) is 3.79. The second-order valence-electron chi connectivity index (χ2n) is 2.87. The topological polar surface area (TPSA) is 29.5 Å². The Hall–Kier alpha value is -1.06. The van der Waals surface area contributed by atoms with Gasteiger partial charge in [0.25, 0.3) is 0 Å². The van der Waals surface area contributed by atoms with Crippen LogP contribution in [0.15, 0.2) is 23.6 Å². The highest BCUT2D eigenvalue weighted by Crippen LogP contribution is 2.29. The molecule has 3 heteroatoms. The van der Waals surface area contributed by atoms with Crippen LogP contribution in [0, 0.1) is 0 Å². The van der Waals surface area contributed by atoms with Crippen LogP contribution in [0.4, 0.5) is 0 Å². The molecule has 68 valence electrons. The molecule has 1 N–H and O–H groups in total. The first-order valence-electron chi connectivity index (χ1n) is 3.99. The van der Waals surface area contributed by atoms with Crippen LogP contribution >= 0.6 is 11.3 Å². The largest absolute Gasteiger partial charge is 0.508 e. The average molecular weight is 194 g/mol. The smallest absolute Gasteiger partial charge is 0.117 e. The number of phenols is 1. The molecular weight excluding hydrogens is 184 g/mol. The third kappa shape index (κ3) is 1.53. The number of methoxy groups -OCH3 is 1. The van der Waals surface area contributed by atoms with E-state index in [0.29, 0.717) is 12.4 Å². The molecule has 0 aliphatic carbocycles. The van der Waals surface area contributed by atoms with Crippen molar-refractivity contribution in [3.8, 4) is 5.75 Å². The van der Waals surface area contributed by atoms with Gasteiger partial charge in [0, 0.05) is 11.8 Å². The molecule has 0 bridgehead atoms. The Bertz CT molecular complexity index is 420. The van der Waals surface area contributed by atoms with Gasteiger partial charge >= 0.3 is 0 Å². The van der Waals surface area contributed by atoms with Gasteiger partial charge in [-0.05, 0) is 34.5 Å². The van der Waals surface area contributed by atoms with Crippen LogP contribution in [0.1, 0.15) is 5.56 Å². The Morgan fingerprint density at radius 1 is 1.46 bits per heavy atom. The monoisotopic (exact) mass is 194 g/mol. The fourth-order valence-corrected chi connectivity index (χ4v) is 2.32. The molecule has 0 aliphatic heterocycles. The van der Waals surface area contributed by atoms with Crippen molar-refractivity contribution in [3.05, 3.63) is 29.1 Å². The zero-order valence-electron chi connectivity index (χ0n) is 7.28. The summed E-state index contributed by atoms with van der Waals surface area (Å²) < 4.78 is 6.17. The Balaban J connectivity index is 2.55. The Kier molecular flexibility index (Phi) is 2.20. The number of hydrogen-bond donors (Lipinski definition) is 1. The predicted molar refractivity (Wildman–Crippen MR) is 54.2 cm³/mol. The lowest BCUT2D eigenvalue weighted by Gasteiger charge is -1.96. The van der Waals surface area contributed by atoms with E-state index in [2.05, 4.69) is 5.38 Å². The van der Waals surface area contributed by atoms with Gasteiger partial charge < -0.3 is 9.84 Å². The lowest BCUT2D eigenvalue weighted by atomic mass is 10.2. The molecule has 1 heterocycles. The molecule has 0 radical (unpaired) electrons. The van der Waals surface area contributed by atoms with Crippen molar-refractivity contribution in [2.24, 2.45) is 0 Å². The number of phenolic OH excluding ortho intramolecular Hbond substituents is 1. The van der Waals surface area contributed by atoms with Crippen molar-refractivity contribution >= 4 is 21.4 Å². The summed E-state index contributed by atoms with van der Waals surface area (Å²) in [6, 6.07) is 5.41. The van der Waals surface area contributed by atoms with Crippen LogP contribution in [0.3, 0.4) is 0 Å². The van der Waals surface area contributed by atoms with Crippen LogP contribution in [-0.2, 0) is 11.3 Å². The fourth-order valence-electron chi connectivity index (χ4n) is 1.34. The minimum Gasteiger partial charge on any atom is -0.508 e. The first-order chi connectivity index (χ1) is 6.31. The summed E-state index contributed by atoms with van der Waals surface area (Å²) >= 11 is 1.63. The Labute approximate surface area is 80.4 Å². The van der Waals surface area contributed by atoms with Crippen molar-refractivity contribution in [2.45, 2.75) is 6.61 Å². The van der Waals surface area contributed by atoms with Crippen LogP contribution in [0.5, 0.6) is 5.75 Å². The third-order valence-electron chi connectivity index (χ3n) is 1.94. The van der Waals surface area contributed by atoms with E-state index in [0.717, 1.165) is 4.70 Å². The Morgan fingerprint density at radius 3 is 3.08 bits per heavy atom. The van der Waals surface area contributed by atoms with Crippen LogP contribution in [0.25, 0.3) is 10.1 Å². The normalized spacial score (nSPS) is 10.8. The quantitative estimate of drug-likeness (QED) is 0.796. The molecule has 0 spiro atoms. The van der Waals surface area contributed by atoms with Crippen molar-refractivity contribution in [3.63, 3.8) is 0 Å². The highest BCUT2D eigenvalue weighted by atomic mass is 32.1. The summed E-state index contributed by atoms with van der Waals surface area (Å²) in [5, 5.41) is 12.5. The molecule has 2 nitrogen and oxygen atoms in total. The van der Waals surface area contributed by atoms with E-state index in [1.54, 1.807) is 30.6 Å². The van der Waals surface area contributed by atoms with Crippen LogP contribution in [-0.4, -0.2) is 12.2 Å². The SMILES string of the molecule is COCc1csc2cc(O)ccc12. The molecule has 0 fully saturated rings. The van der Waals surface area contributed by atoms with Crippen molar-refractivity contribution in [2.75, 3.05) is 7.11 Å². The summed E-state index contributed by atoms with van der Waals surface area (Å²) in [5.41, 5.74) is 1.18. The molecule has 0 saturated carbocycles. The van der Waals surface area contributed by atoms with Crippen molar-refractivity contribution < 1.29 is 9.84 Å². The number of benzene rings is 1. The van der Waals surface area contributed by atoms with Gasteiger partial charge in [0.15, 0.2) is 0 Å². The van der Waals surface area contributed by atoms with Crippen molar-refractivity contribution in [1.29, 1.82) is 0 Å². The summed E-state index contributed by atoms with van der Waals surface area (Å²) in [4.78, 5) is 0. The molecule has 0 unspecified atom stereocenters. The molecule has 2 aromatic rings. The molecule has 0 saturated heterocycles. The van der Waals surface area contributed by atoms with Gasteiger partial charge in [-0.25, -0.2) is 0 Å². The minimum absolute atomic E-state index is 0.318. The number of fused-ring (bicyclic) bond motifs is 1. The van der Waals surface area contributed by atoms with Gasteiger partial charge in [-0.3, -0.25) is 0 Å². The molecular formula is C10H10O2S. The van der Waals surface area contributed by atoms with Gasteiger partial charge in [0.1, 0.15) is 5.75 Å². The maximum atomic E-state index is 9.24. The molecule has 0 aliphatic rings. The summed E-state index contributed by atoms with van der Waals surface area (Å²) in [6.45, 7) is 0.630. The van der Waals surface area contributed by atoms with E-state index in [4.69, 9.17) is 4.74 Å². The first-order valence-corrected chi connectivity index (χ1v) is 4.87. The fraction of sp³-hybridized carbons (Fsp3) is 0.200. The molecule has 1 aromatic heterocycles. The van der Waals surface area contributed by atoms with E-state index in [-0.39, 0.29) is 0 Å². The third-order valence-corrected chi connectivity index (χ3v) is 2.93. The minimum atomic E-state index is 0.318. The van der Waals surface area contributed by atoms with E-state index >= 15 is 0 Å². The van der Waals surface area contributed by atoms with E-state index in [9.17, 15) is 5.11 Å². The number of thiophene rings is 1. The van der Waals surface area contributed by atoms with E-state index < -0.39 is 0 Å². The maximum Gasteiger partial charge on any atom is 0.117 e. The zero-order chi connectivity index (χ0) is 9.26. The number of aromatic hydroxyl groups is 1. The number of hydrogen-bond acceptors (Lipinski definition) is 3. The standard InChI is InChI=1S/C10H10O2S/c1-12-5-7-6-13-10-4-8(11)2-3-9(7)10/h2-4,6,11H,5H2,1H3. The van der Waals surface area contributed by atoms with Crippen LogP contribution < -0.4 is 0 Å². The number of rotatable bonds is 2. The van der Waals surface area contributed by atoms with Gasteiger partial charge in [0.05, 0.1) is 6.61 Å². The average Bonchev–Trinajstić information content (AvgIpc) is 2.49. The predicted octanol–water partition coefficient (Wildman–Crippen LogP) is 2.75. The highest BCUT2D eigenvalue weighted by molar-refractivity contribution is 7.17. The second kappa shape index (κ2) is 3.36. The summed E-state index contributed by atoms with van der Waals surface area (Å²) in [6.07, 6.45) is 0. The molecule has 1 aromatic carbocycles. The van der Waals surface area contributed by atoms with Gasteiger partial charge in [-0.2, -0.15) is 0 Å². The summed E-state index contributed by atoms with van der Waals surface area (Å²) in [5.74, 6) is 0.318. The number of ether oxygens (including phenoxy) is 1. The van der Waals surface area contributed by atoms with Gasteiger partial charge in [0.2, 0.25) is 0 Å². The first kappa shape index (κ1) is 8.53. The highest BCUT2D eigenvalue weighted by Gasteiger charge is 2.03. The summed E-state index contributed by atoms with van der Waals surface area (Å²) in [7, 11) is 1.68. The van der Waals surface area contributed by atoms with Gasteiger partial charge in [-0.1, -0.05) is 0 Å². The van der Waals surface area contributed by atoms with Gasteiger partial charge in [-0.15, -0.1) is 11.3 Å². The molecule has 13 heavy (non-hydrogen) atoms. The molecule has 0 amide bonds. The lowest BCUT2D eigenvalue weighted by molar-refractivity contribution is 0.186. The maximum absolute atomic E-state index is 9.24. The Morgan fingerprint density at radius 2 is 2.31 bits per heavy atom. The lowest BCUT2D eigenvalue weighted by Crippen LogP contribution is -1.83. The zero-order valence-corrected chi connectivity index (χ0v) is 8.10. The molecule has 2 rings (SSSR count).